The van der Waals surface area contributed by atoms with Gasteiger partial charge in [0.2, 0.25) is 0 Å². The van der Waals surface area contributed by atoms with Crippen LogP contribution in [-0.4, -0.2) is 42.5 Å². The van der Waals surface area contributed by atoms with Gasteiger partial charge in [-0.2, -0.15) is 18.3 Å². The van der Waals surface area contributed by atoms with Crippen molar-refractivity contribution in [1.29, 1.82) is 0 Å². The number of carbonyl (C=O) groups is 1. The van der Waals surface area contributed by atoms with Gasteiger partial charge in [0.25, 0.3) is 0 Å². The molecule has 1 N–H and O–H groups in total. The lowest BCUT2D eigenvalue weighted by atomic mass is 9.95. The minimum Gasteiger partial charge on any atom is -0.461 e. The number of aromatic nitrogens is 2. The highest BCUT2D eigenvalue weighted by Crippen LogP contribution is 2.42. The van der Waals surface area contributed by atoms with Crippen molar-refractivity contribution in [2.75, 3.05) is 13.2 Å². The van der Waals surface area contributed by atoms with Crippen LogP contribution in [0.25, 0.3) is 0 Å². The lowest BCUT2D eigenvalue weighted by Crippen LogP contribution is -2.42. The minimum atomic E-state index is -4.65. The van der Waals surface area contributed by atoms with Gasteiger partial charge in [-0.25, -0.2) is 13.2 Å². The zero-order valence-electron chi connectivity index (χ0n) is 16.3. The molecule has 1 aromatic heterocycles. The molecule has 0 aliphatic carbocycles. The third-order valence-corrected chi connectivity index (χ3v) is 7.66. The van der Waals surface area contributed by atoms with E-state index in [0.29, 0.717) is 11.8 Å². The molecule has 2 unspecified atom stereocenters. The molecule has 2 atom stereocenters. The fraction of sp³-hybridized carbons (Fsp3) is 0.474. The summed E-state index contributed by atoms with van der Waals surface area (Å²) in [5.74, 6) is -0.629. The second kappa shape index (κ2) is 8.03. The van der Waals surface area contributed by atoms with Crippen molar-refractivity contribution >= 4 is 15.8 Å². The van der Waals surface area contributed by atoms with Gasteiger partial charge in [-0.1, -0.05) is 6.07 Å². The van der Waals surface area contributed by atoms with Crippen molar-refractivity contribution in [3.63, 3.8) is 0 Å². The Kier molecular flexibility index (Phi) is 5.96. The van der Waals surface area contributed by atoms with E-state index in [1.807, 2.05) is 0 Å². The lowest BCUT2D eigenvalue weighted by molar-refractivity contribution is -0.137. The van der Waals surface area contributed by atoms with E-state index in [1.54, 1.807) is 6.92 Å². The van der Waals surface area contributed by atoms with Gasteiger partial charge in [-0.15, -0.1) is 0 Å². The third-order valence-electron chi connectivity index (χ3n) is 5.12. The minimum absolute atomic E-state index is 0.0178. The number of H-pyrrole nitrogens is 1. The SMILES string of the molecule is CCOC(=O)c1cc(C2CC(C)(S(=O)(=O)c3cccc(C(F)(F)F)c3)CCO2)[nH]n1. The predicted octanol–water partition coefficient (Wildman–Crippen LogP) is 3.69. The molecule has 30 heavy (non-hydrogen) atoms. The third kappa shape index (κ3) is 4.22. The average Bonchev–Trinajstić information content (AvgIpc) is 3.18. The quantitative estimate of drug-likeness (QED) is 0.704. The molecule has 3 rings (SSSR count). The lowest BCUT2D eigenvalue weighted by Gasteiger charge is -2.37. The van der Waals surface area contributed by atoms with Crippen LogP contribution < -0.4 is 0 Å². The van der Waals surface area contributed by atoms with Gasteiger partial charge in [-0.3, -0.25) is 5.10 Å². The van der Waals surface area contributed by atoms with Gasteiger partial charge in [0.05, 0.1) is 27.5 Å². The molecular weight excluding hydrogens is 425 g/mol. The number of nitrogens with zero attached hydrogens (tertiary/aromatic N) is 1. The Morgan fingerprint density at radius 1 is 1.37 bits per heavy atom. The molecule has 1 fully saturated rings. The van der Waals surface area contributed by atoms with Crippen LogP contribution in [0.3, 0.4) is 0 Å². The van der Waals surface area contributed by atoms with E-state index >= 15 is 0 Å². The molecule has 1 aliphatic heterocycles. The van der Waals surface area contributed by atoms with E-state index < -0.39 is 43.3 Å². The summed E-state index contributed by atoms with van der Waals surface area (Å²) in [5.41, 5.74) is -0.602. The van der Waals surface area contributed by atoms with E-state index in [0.717, 1.165) is 18.2 Å². The first-order chi connectivity index (χ1) is 14.0. The Morgan fingerprint density at radius 3 is 2.77 bits per heavy atom. The topological polar surface area (TPSA) is 98.4 Å². The number of hydrogen-bond acceptors (Lipinski definition) is 6. The van der Waals surface area contributed by atoms with Crippen LogP contribution in [0.2, 0.25) is 0 Å². The Bertz CT molecular complexity index is 1030. The normalized spacial score (nSPS) is 22.6. The van der Waals surface area contributed by atoms with Gasteiger partial charge in [0.15, 0.2) is 15.5 Å². The maximum absolute atomic E-state index is 13.2. The summed E-state index contributed by atoms with van der Waals surface area (Å²) < 4.78 is 74.7. The second-order valence-electron chi connectivity index (χ2n) is 7.22. The number of esters is 1. The molecule has 0 amide bonds. The predicted molar refractivity (Wildman–Crippen MR) is 99.5 cm³/mol. The first-order valence-corrected chi connectivity index (χ1v) is 10.7. The number of alkyl halides is 3. The molecule has 11 heteroatoms. The van der Waals surface area contributed by atoms with Crippen molar-refractivity contribution in [3.8, 4) is 0 Å². The molecule has 2 heterocycles. The van der Waals surface area contributed by atoms with Crippen LogP contribution in [0.4, 0.5) is 13.2 Å². The molecule has 0 spiro atoms. The van der Waals surface area contributed by atoms with Crippen molar-refractivity contribution < 1.29 is 35.9 Å². The van der Waals surface area contributed by atoms with Crippen LogP contribution in [-0.2, 0) is 25.5 Å². The number of benzene rings is 1. The summed E-state index contributed by atoms with van der Waals surface area (Å²) in [6.45, 7) is 3.39. The number of aromatic amines is 1. The highest BCUT2D eigenvalue weighted by Gasteiger charge is 2.46. The molecule has 0 radical (unpaired) electrons. The van der Waals surface area contributed by atoms with Crippen LogP contribution in [0.5, 0.6) is 0 Å². The number of ether oxygens (including phenoxy) is 2. The summed E-state index contributed by atoms with van der Waals surface area (Å²) in [6, 6.07) is 5.15. The van der Waals surface area contributed by atoms with Crippen molar-refractivity contribution in [2.45, 2.75) is 48.6 Å². The van der Waals surface area contributed by atoms with E-state index in [1.165, 1.54) is 13.0 Å². The smallest absolute Gasteiger partial charge is 0.416 e. The van der Waals surface area contributed by atoms with Crippen LogP contribution in [0.15, 0.2) is 35.2 Å². The number of rotatable bonds is 5. The Morgan fingerprint density at radius 2 is 2.10 bits per heavy atom. The maximum atomic E-state index is 13.2. The first kappa shape index (κ1) is 22.3. The molecule has 7 nitrogen and oxygen atoms in total. The number of nitrogens with one attached hydrogen (secondary N) is 1. The van der Waals surface area contributed by atoms with Gasteiger partial charge >= 0.3 is 12.1 Å². The summed E-state index contributed by atoms with van der Waals surface area (Å²) in [5, 5.41) is 6.52. The maximum Gasteiger partial charge on any atom is 0.416 e. The summed E-state index contributed by atoms with van der Waals surface area (Å²) in [4.78, 5) is 11.4. The molecule has 1 aromatic carbocycles. The van der Waals surface area contributed by atoms with Crippen LogP contribution in [0, 0.1) is 0 Å². The Balaban J connectivity index is 1.88. The highest BCUT2D eigenvalue weighted by molar-refractivity contribution is 7.92. The molecule has 0 bridgehead atoms. The molecular formula is C19H21F3N2O5S. The van der Waals surface area contributed by atoms with Crippen molar-refractivity contribution in [1.82, 2.24) is 10.2 Å². The van der Waals surface area contributed by atoms with Gasteiger partial charge < -0.3 is 9.47 Å². The fourth-order valence-corrected chi connectivity index (χ4v) is 5.18. The van der Waals surface area contributed by atoms with Crippen LogP contribution >= 0.6 is 0 Å². The van der Waals surface area contributed by atoms with E-state index in [2.05, 4.69) is 10.2 Å². The van der Waals surface area contributed by atoms with Crippen molar-refractivity contribution in [2.24, 2.45) is 0 Å². The van der Waals surface area contributed by atoms with Gasteiger partial charge in [0.1, 0.15) is 6.10 Å². The number of sulfone groups is 1. The Hall–Kier alpha value is -2.40. The largest absolute Gasteiger partial charge is 0.461 e. The zero-order chi connectivity index (χ0) is 22.2. The molecule has 164 valence electrons. The fourth-order valence-electron chi connectivity index (χ4n) is 3.35. The molecule has 2 aromatic rings. The molecule has 1 saturated heterocycles. The van der Waals surface area contributed by atoms with Crippen LogP contribution in [0.1, 0.15) is 54.5 Å². The van der Waals surface area contributed by atoms with E-state index in [9.17, 15) is 26.4 Å². The summed E-state index contributed by atoms with van der Waals surface area (Å²) >= 11 is 0. The van der Waals surface area contributed by atoms with Gasteiger partial charge in [-0.05, 0) is 51.0 Å². The highest BCUT2D eigenvalue weighted by atomic mass is 32.2. The average molecular weight is 446 g/mol. The summed E-state index contributed by atoms with van der Waals surface area (Å²) in [6.07, 6.45) is -5.28. The van der Waals surface area contributed by atoms with E-state index in [4.69, 9.17) is 9.47 Å². The van der Waals surface area contributed by atoms with E-state index in [-0.39, 0.29) is 31.7 Å². The summed E-state index contributed by atoms with van der Waals surface area (Å²) in [7, 11) is -4.11. The standard InChI is InChI=1S/C19H21F3N2O5S/c1-3-28-17(25)15-10-14(23-24-15)16-11-18(2,7-8-29-16)30(26,27)13-6-4-5-12(9-13)19(20,21)22/h4-6,9-10,16H,3,7-8,11H2,1-2H3,(H,23,24). The molecule has 0 saturated carbocycles. The Labute approximate surface area is 171 Å². The van der Waals surface area contributed by atoms with Gasteiger partial charge in [0, 0.05) is 6.61 Å². The first-order valence-electron chi connectivity index (χ1n) is 9.24. The number of halogens is 3. The van der Waals surface area contributed by atoms with Crippen molar-refractivity contribution in [3.05, 3.63) is 47.3 Å². The number of carbonyl (C=O) groups excluding carboxylic acids is 1. The number of hydrogen-bond donors (Lipinski definition) is 1. The molecule has 1 aliphatic rings. The zero-order valence-corrected chi connectivity index (χ0v) is 17.1. The second-order valence-corrected chi connectivity index (χ2v) is 9.69. The monoisotopic (exact) mass is 446 g/mol.